The Morgan fingerprint density at radius 1 is 1.27 bits per heavy atom. The van der Waals surface area contributed by atoms with Crippen LogP contribution in [0.1, 0.15) is 29.1 Å². The van der Waals surface area contributed by atoms with Crippen LogP contribution in [0.15, 0.2) is 24.3 Å². The van der Waals surface area contributed by atoms with Crippen molar-refractivity contribution in [2.45, 2.75) is 20.8 Å². The van der Waals surface area contributed by atoms with Crippen molar-refractivity contribution in [2.75, 3.05) is 11.9 Å². The monoisotopic (exact) mass is 337 g/mol. The fourth-order valence-corrected chi connectivity index (χ4v) is 3.39. The zero-order valence-electron chi connectivity index (χ0n) is 12.5. The van der Waals surface area contributed by atoms with Gasteiger partial charge in [-0.25, -0.2) is 4.79 Å². The number of aryl methyl sites for hydroxylation is 1. The zero-order valence-corrected chi connectivity index (χ0v) is 14.1. The number of hydrogen-bond donors (Lipinski definition) is 1. The normalized spacial score (nSPS) is 10.4. The smallest absolute Gasteiger partial charge is 0.341 e. The summed E-state index contributed by atoms with van der Waals surface area (Å²) in [6.45, 7) is 5.33. The lowest BCUT2D eigenvalue weighted by atomic mass is 10.0. The van der Waals surface area contributed by atoms with Crippen LogP contribution in [-0.2, 0) is 9.53 Å². The van der Waals surface area contributed by atoms with Crippen LogP contribution in [0.25, 0.3) is 11.1 Å². The molecule has 0 aliphatic rings. The molecule has 116 valence electrons. The third-order valence-electron chi connectivity index (χ3n) is 2.99. The molecule has 2 aromatic rings. The number of anilines is 1. The van der Waals surface area contributed by atoms with Crippen molar-refractivity contribution < 1.29 is 14.3 Å². The van der Waals surface area contributed by atoms with Gasteiger partial charge in [0.05, 0.1) is 6.61 Å². The Hall–Kier alpha value is -1.85. The Labute approximate surface area is 138 Å². The van der Waals surface area contributed by atoms with Crippen molar-refractivity contribution in [2.24, 2.45) is 0 Å². The maximum Gasteiger partial charge on any atom is 0.341 e. The molecule has 0 saturated heterocycles. The van der Waals surface area contributed by atoms with E-state index in [1.807, 2.05) is 19.1 Å². The summed E-state index contributed by atoms with van der Waals surface area (Å²) in [5.74, 6) is -0.671. The van der Waals surface area contributed by atoms with E-state index in [0.29, 0.717) is 15.6 Å². The number of ether oxygens (including phenoxy) is 1. The molecular weight excluding hydrogens is 322 g/mol. The number of carbonyl (C=O) groups is 2. The van der Waals surface area contributed by atoms with Gasteiger partial charge >= 0.3 is 5.97 Å². The number of amides is 1. The Balaban J connectivity index is 2.60. The van der Waals surface area contributed by atoms with E-state index in [2.05, 4.69) is 5.32 Å². The summed E-state index contributed by atoms with van der Waals surface area (Å²) in [6.07, 6.45) is 0. The Morgan fingerprint density at radius 3 is 2.45 bits per heavy atom. The number of nitrogens with one attached hydrogen (secondary N) is 1. The van der Waals surface area contributed by atoms with Crippen LogP contribution >= 0.6 is 22.9 Å². The van der Waals surface area contributed by atoms with Crippen molar-refractivity contribution >= 4 is 39.8 Å². The van der Waals surface area contributed by atoms with Gasteiger partial charge in [-0.05, 0) is 31.5 Å². The van der Waals surface area contributed by atoms with Gasteiger partial charge < -0.3 is 10.1 Å². The summed E-state index contributed by atoms with van der Waals surface area (Å²) in [7, 11) is 0. The van der Waals surface area contributed by atoms with Crippen molar-refractivity contribution in [3.05, 3.63) is 39.7 Å². The second-order valence-corrected chi connectivity index (χ2v) is 6.31. The number of rotatable bonds is 4. The van der Waals surface area contributed by atoms with Gasteiger partial charge in [0.1, 0.15) is 10.6 Å². The first-order valence-corrected chi connectivity index (χ1v) is 7.97. The first kappa shape index (κ1) is 16.5. The molecule has 0 fully saturated rings. The minimum Gasteiger partial charge on any atom is -0.462 e. The second kappa shape index (κ2) is 6.94. The summed E-state index contributed by atoms with van der Waals surface area (Å²) >= 11 is 7.28. The number of benzene rings is 1. The summed E-state index contributed by atoms with van der Waals surface area (Å²) < 4.78 is 5.14. The molecule has 4 nitrogen and oxygen atoms in total. The summed E-state index contributed by atoms with van der Waals surface area (Å²) in [5.41, 5.74) is 2.02. The van der Waals surface area contributed by atoms with Crippen molar-refractivity contribution in [3.8, 4) is 11.1 Å². The molecule has 22 heavy (non-hydrogen) atoms. The highest BCUT2D eigenvalue weighted by molar-refractivity contribution is 7.17. The zero-order chi connectivity index (χ0) is 16.3. The number of esters is 1. The van der Waals surface area contributed by atoms with Crippen LogP contribution in [0, 0.1) is 6.92 Å². The minimum absolute atomic E-state index is 0.227. The van der Waals surface area contributed by atoms with Crippen LogP contribution < -0.4 is 5.32 Å². The third kappa shape index (κ3) is 3.48. The molecule has 0 saturated carbocycles. The molecule has 0 radical (unpaired) electrons. The lowest BCUT2D eigenvalue weighted by Gasteiger charge is -2.08. The first-order valence-electron chi connectivity index (χ1n) is 6.78. The topological polar surface area (TPSA) is 55.4 Å². The van der Waals surface area contributed by atoms with E-state index in [9.17, 15) is 9.59 Å². The molecule has 1 aromatic heterocycles. The number of hydrogen-bond acceptors (Lipinski definition) is 4. The van der Waals surface area contributed by atoms with Gasteiger partial charge in [0, 0.05) is 22.4 Å². The number of halogens is 1. The van der Waals surface area contributed by atoms with E-state index in [0.717, 1.165) is 16.0 Å². The van der Waals surface area contributed by atoms with E-state index < -0.39 is 5.97 Å². The lowest BCUT2D eigenvalue weighted by Crippen LogP contribution is -2.11. The van der Waals surface area contributed by atoms with Gasteiger partial charge in [-0.3, -0.25) is 4.79 Å². The lowest BCUT2D eigenvalue weighted by molar-refractivity contribution is -0.114. The minimum atomic E-state index is -0.444. The average Bonchev–Trinajstić information content (AvgIpc) is 2.75. The Kier molecular flexibility index (Phi) is 5.21. The summed E-state index contributed by atoms with van der Waals surface area (Å²) in [4.78, 5) is 24.6. The SMILES string of the molecule is CCOC(=O)c1c(NC(C)=O)sc(C)c1-c1ccc(Cl)cc1. The van der Waals surface area contributed by atoms with E-state index in [-0.39, 0.29) is 12.5 Å². The highest BCUT2D eigenvalue weighted by Crippen LogP contribution is 2.40. The van der Waals surface area contributed by atoms with Gasteiger partial charge in [0.25, 0.3) is 0 Å². The van der Waals surface area contributed by atoms with Crippen molar-refractivity contribution in [1.82, 2.24) is 0 Å². The van der Waals surface area contributed by atoms with Gasteiger partial charge in [-0.15, -0.1) is 11.3 Å². The molecule has 6 heteroatoms. The molecule has 1 aromatic carbocycles. The van der Waals surface area contributed by atoms with Gasteiger partial charge in [-0.1, -0.05) is 23.7 Å². The van der Waals surface area contributed by atoms with E-state index in [4.69, 9.17) is 16.3 Å². The maximum absolute atomic E-state index is 12.3. The van der Waals surface area contributed by atoms with Crippen LogP contribution in [-0.4, -0.2) is 18.5 Å². The molecule has 0 aliphatic heterocycles. The Bertz CT molecular complexity index is 707. The third-order valence-corrected chi connectivity index (χ3v) is 4.26. The average molecular weight is 338 g/mol. The van der Waals surface area contributed by atoms with E-state index in [1.54, 1.807) is 19.1 Å². The molecular formula is C16H16ClNO3S. The van der Waals surface area contributed by atoms with Gasteiger partial charge in [-0.2, -0.15) is 0 Å². The van der Waals surface area contributed by atoms with Crippen LogP contribution in [0.4, 0.5) is 5.00 Å². The summed E-state index contributed by atoms with van der Waals surface area (Å²) in [6, 6.07) is 7.22. The fourth-order valence-electron chi connectivity index (χ4n) is 2.15. The predicted molar refractivity (Wildman–Crippen MR) is 89.8 cm³/mol. The molecule has 0 atom stereocenters. The van der Waals surface area contributed by atoms with Gasteiger partial charge in [0.15, 0.2) is 0 Å². The molecule has 0 spiro atoms. The van der Waals surface area contributed by atoms with Crippen LogP contribution in [0.5, 0.6) is 0 Å². The van der Waals surface area contributed by atoms with Crippen LogP contribution in [0.2, 0.25) is 5.02 Å². The largest absolute Gasteiger partial charge is 0.462 e. The van der Waals surface area contributed by atoms with Crippen molar-refractivity contribution in [3.63, 3.8) is 0 Å². The predicted octanol–water partition coefficient (Wildman–Crippen LogP) is 4.51. The number of carbonyl (C=O) groups excluding carboxylic acids is 2. The maximum atomic E-state index is 12.3. The quantitative estimate of drug-likeness (QED) is 0.835. The fraction of sp³-hybridized carbons (Fsp3) is 0.250. The molecule has 1 heterocycles. The van der Waals surface area contributed by atoms with E-state index in [1.165, 1.54) is 18.3 Å². The number of thiophene rings is 1. The molecule has 0 unspecified atom stereocenters. The Morgan fingerprint density at radius 2 is 1.91 bits per heavy atom. The van der Waals surface area contributed by atoms with Crippen molar-refractivity contribution in [1.29, 1.82) is 0 Å². The van der Waals surface area contributed by atoms with Crippen LogP contribution in [0.3, 0.4) is 0 Å². The summed E-state index contributed by atoms with van der Waals surface area (Å²) in [5, 5.41) is 3.84. The molecule has 0 bridgehead atoms. The van der Waals surface area contributed by atoms with E-state index >= 15 is 0 Å². The standard InChI is InChI=1S/C16H16ClNO3S/c1-4-21-16(20)14-13(11-5-7-12(17)8-6-11)9(2)22-15(14)18-10(3)19/h5-8H,4H2,1-3H3,(H,18,19). The van der Waals surface area contributed by atoms with Gasteiger partial charge in [0.2, 0.25) is 5.91 Å². The highest BCUT2D eigenvalue weighted by Gasteiger charge is 2.24. The molecule has 1 amide bonds. The second-order valence-electron chi connectivity index (χ2n) is 4.65. The first-order chi connectivity index (χ1) is 10.4. The molecule has 2 rings (SSSR count). The highest BCUT2D eigenvalue weighted by atomic mass is 35.5. The molecule has 1 N–H and O–H groups in total. The molecule has 0 aliphatic carbocycles.